The molecule has 4 rings (SSSR count). The monoisotopic (exact) mass is 384 g/mol. The summed E-state index contributed by atoms with van der Waals surface area (Å²) in [5, 5.41) is 3.81. The van der Waals surface area contributed by atoms with E-state index in [1.165, 1.54) is 0 Å². The van der Waals surface area contributed by atoms with Gasteiger partial charge in [0.2, 0.25) is 5.91 Å². The number of aryl methyl sites for hydroxylation is 1. The standard InChI is InChI=1S/C22H25ClN2O2/c1-2-13-3-6-15(11-19(13)23)18(12-16-7-10-21(26)24-16)20-9-8-17(14-4-5-14)22(27)25-20/h3,6,8-9,11,14,16,18H,2,4-5,7,10,12H2,1H3,(H,24,26)(H,25,27)/t16-,18?/m1/s1. The summed E-state index contributed by atoms with van der Waals surface area (Å²) in [6.45, 7) is 2.08. The molecule has 1 aliphatic carbocycles. The number of carbonyl (C=O) groups excluding carboxylic acids is 1. The van der Waals surface area contributed by atoms with E-state index in [9.17, 15) is 9.59 Å². The van der Waals surface area contributed by atoms with Crippen LogP contribution >= 0.6 is 11.6 Å². The number of hydrogen-bond acceptors (Lipinski definition) is 2. The molecule has 142 valence electrons. The smallest absolute Gasteiger partial charge is 0.251 e. The van der Waals surface area contributed by atoms with Crippen molar-refractivity contribution in [3.63, 3.8) is 0 Å². The van der Waals surface area contributed by atoms with Gasteiger partial charge in [-0.25, -0.2) is 0 Å². The molecule has 27 heavy (non-hydrogen) atoms. The molecule has 2 heterocycles. The van der Waals surface area contributed by atoms with Gasteiger partial charge >= 0.3 is 0 Å². The second kappa shape index (κ2) is 7.51. The number of amides is 1. The Morgan fingerprint density at radius 1 is 1.15 bits per heavy atom. The van der Waals surface area contributed by atoms with Gasteiger partial charge in [0, 0.05) is 34.7 Å². The molecule has 1 aliphatic heterocycles. The molecular weight excluding hydrogens is 360 g/mol. The predicted molar refractivity (Wildman–Crippen MR) is 107 cm³/mol. The van der Waals surface area contributed by atoms with E-state index in [1.807, 2.05) is 18.2 Å². The van der Waals surface area contributed by atoms with Gasteiger partial charge in [0.25, 0.3) is 5.56 Å². The minimum atomic E-state index is -0.00207. The number of hydrogen-bond donors (Lipinski definition) is 2. The first-order valence-electron chi connectivity index (χ1n) is 9.86. The van der Waals surface area contributed by atoms with Gasteiger partial charge in [-0.3, -0.25) is 9.59 Å². The fourth-order valence-electron chi connectivity index (χ4n) is 4.07. The first-order valence-corrected chi connectivity index (χ1v) is 10.2. The molecule has 2 aromatic rings. The van der Waals surface area contributed by atoms with Gasteiger partial charge in [-0.1, -0.05) is 36.7 Å². The highest BCUT2D eigenvalue weighted by atomic mass is 35.5. The normalized spacial score (nSPS) is 20.5. The van der Waals surface area contributed by atoms with Crippen LogP contribution in [-0.2, 0) is 11.2 Å². The van der Waals surface area contributed by atoms with Gasteiger partial charge in [-0.05, 0) is 61.3 Å². The Hall–Kier alpha value is -2.07. The van der Waals surface area contributed by atoms with Crippen LogP contribution in [0.3, 0.4) is 0 Å². The topological polar surface area (TPSA) is 62.0 Å². The molecule has 0 bridgehead atoms. The second-order valence-corrected chi connectivity index (χ2v) is 8.18. The molecule has 1 saturated heterocycles. The number of carbonyl (C=O) groups is 1. The van der Waals surface area contributed by atoms with Crippen LogP contribution in [0.4, 0.5) is 0 Å². The average molecular weight is 385 g/mol. The van der Waals surface area contributed by atoms with Crippen molar-refractivity contribution in [3.8, 4) is 0 Å². The second-order valence-electron chi connectivity index (χ2n) is 7.77. The van der Waals surface area contributed by atoms with E-state index in [2.05, 4.69) is 29.4 Å². The van der Waals surface area contributed by atoms with Crippen molar-refractivity contribution < 1.29 is 4.79 Å². The SMILES string of the molecule is CCc1ccc(C(C[C@H]2CCC(=O)N2)c2ccc(C3CC3)c(=O)[nH]2)cc1Cl. The third kappa shape index (κ3) is 3.96. The molecule has 2 N–H and O–H groups in total. The summed E-state index contributed by atoms with van der Waals surface area (Å²) in [6, 6.07) is 10.3. The molecule has 0 spiro atoms. The molecule has 1 saturated carbocycles. The number of halogens is 1. The largest absolute Gasteiger partial charge is 0.353 e. The molecule has 2 atom stereocenters. The number of rotatable bonds is 6. The maximum absolute atomic E-state index is 12.6. The molecule has 1 amide bonds. The number of pyridine rings is 1. The van der Waals surface area contributed by atoms with Gasteiger partial charge in [0.1, 0.15) is 0 Å². The van der Waals surface area contributed by atoms with E-state index in [4.69, 9.17) is 11.6 Å². The van der Waals surface area contributed by atoms with E-state index in [0.717, 1.165) is 59.5 Å². The number of nitrogens with one attached hydrogen (secondary N) is 2. The summed E-state index contributed by atoms with van der Waals surface area (Å²) < 4.78 is 0. The summed E-state index contributed by atoms with van der Waals surface area (Å²) in [5.41, 5.74) is 4.00. The zero-order chi connectivity index (χ0) is 19.0. The van der Waals surface area contributed by atoms with Crippen molar-refractivity contribution >= 4 is 17.5 Å². The zero-order valence-electron chi connectivity index (χ0n) is 15.6. The Morgan fingerprint density at radius 2 is 1.96 bits per heavy atom. The summed E-state index contributed by atoms with van der Waals surface area (Å²) in [6.07, 6.45) is 5.26. The number of benzene rings is 1. The van der Waals surface area contributed by atoms with Crippen LogP contribution in [0.15, 0.2) is 35.1 Å². The highest BCUT2D eigenvalue weighted by molar-refractivity contribution is 6.31. The van der Waals surface area contributed by atoms with Gasteiger partial charge in [0.15, 0.2) is 0 Å². The van der Waals surface area contributed by atoms with Crippen LogP contribution in [0.1, 0.15) is 73.2 Å². The third-order valence-electron chi connectivity index (χ3n) is 5.82. The van der Waals surface area contributed by atoms with E-state index in [-0.39, 0.29) is 23.4 Å². The Bertz CT molecular complexity index is 917. The fraction of sp³-hybridized carbons (Fsp3) is 0.455. The van der Waals surface area contributed by atoms with Crippen LogP contribution < -0.4 is 10.9 Å². The first-order chi connectivity index (χ1) is 13.0. The Balaban J connectivity index is 1.69. The third-order valence-corrected chi connectivity index (χ3v) is 6.17. The molecule has 4 nitrogen and oxygen atoms in total. The first kappa shape index (κ1) is 18.3. The van der Waals surface area contributed by atoms with Crippen LogP contribution in [-0.4, -0.2) is 16.9 Å². The van der Waals surface area contributed by atoms with Crippen LogP contribution in [0.5, 0.6) is 0 Å². The number of aromatic nitrogens is 1. The van der Waals surface area contributed by atoms with Gasteiger partial charge in [0.05, 0.1) is 0 Å². The van der Waals surface area contributed by atoms with Crippen molar-refractivity contribution in [2.45, 2.75) is 63.3 Å². The lowest BCUT2D eigenvalue weighted by Gasteiger charge is -2.22. The molecule has 1 aromatic heterocycles. The molecular formula is C22H25ClN2O2. The molecule has 5 heteroatoms. The molecule has 1 unspecified atom stereocenters. The summed E-state index contributed by atoms with van der Waals surface area (Å²) >= 11 is 6.47. The minimum Gasteiger partial charge on any atom is -0.353 e. The highest BCUT2D eigenvalue weighted by Gasteiger charge is 2.29. The van der Waals surface area contributed by atoms with E-state index >= 15 is 0 Å². The van der Waals surface area contributed by atoms with Crippen LogP contribution in [0, 0.1) is 0 Å². The van der Waals surface area contributed by atoms with Crippen LogP contribution in [0.2, 0.25) is 5.02 Å². The van der Waals surface area contributed by atoms with Crippen molar-refractivity contribution in [1.82, 2.24) is 10.3 Å². The fourth-order valence-corrected chi connectivity index (χ4v) is 4.39. The number of aromatic amines is 1. The van der Waals surface area contributed by atoms with Crippen LogP contribution in [0.25, 0.3) is 0 Å². The summed E-state index contributed by atoms with van der Waals surface area (Å²) in [4.78, 5) is 27.3. The molecule has 1 aromatic carbocycles. The highest BCUT2D eigenvalue weighted by Crippen LogP contribution is 2.39. The van der Waals surface area contributed by atoms with E-state index < -0.39 is 0 Å². The van der Waals surface area contributed by atoms with Gasteiger partial charge < -0.3 is 10.3 Å². The lowest BCUT2D eigenvalue weighted by atomic mass is 9.87. The van der Waals surface area contributed by atoms with Crippen molar-refractivity contribution in [3.05, 3.63) is 68.1 Å². The molecule has 2 aliphatic rings. The Morgan fingerprint density at radius 3 is 2.56 bits per heavy atom. The van der Waals surface area contributed by atoms with E-state index in [0.29, 0.717) is 12.3 Å². The number of H-pyrrole nitrogens is 1. The lowest BCUT2D eigenvalue weighted by Crippen LogP contribution is -2.28. The van der Waals surface area contributed by atoms with Crippen molar-refractivity contribution in [2.24, 2.45) is 0 Å². The minimum absolute atomic E-state index is 0.00207. The zero-order valence-corrected chi connectivity index (χ0v) is 16.3. The van der Waals surface area contributed by atoms with Crippen molar-refractivity contribution in [1.29, 1.82) is 0 Å². The Labute approximate surface area is 164 Å². The van der Waals surface area contributed by atoms with Gasteiger partial charge in [-0.2, -0.15) is 0 Å². The van der Waals surface area contributed by atoms with Gasteiger partial charge in [-0.15, -0.1) is 0 Å². The maximum Gasteiger partial charge on any atom is 0.251 e. The Kier molecular flexibility index (Phi) is 5.09. The predicted octanol–water partition coefficient (Wildman–Crippen LogP) is 4.27. The molecule has 0 radical (unpaired) electrons. The maximum atomic E-state index is 12.6. The molecule has 2 fully saturated rings. The van der Waals surface area contributed by atoms with Crippen molar-refractivity contribution in [2.75, 3.05) is 0 Å². The van der Waals surface area contributed by atoms with E-state index in [1.54, 1.807) is 0 Å². The summed E-state index contributed by atoms with van der Waals surface area (Å²) in [5.74, 6) is 0.530. The lowest BCUT2D eigenvalue weighted by molar-refractivity contribution is -0.119. The quantitative estimate of drug-likeness (QED) is 0.781. The average Bonchev–Trinajstić information content (AvgIpc) is 3.41. The summed E-state index contributed by atoms with van der Waals surface area (Å²) in [7, 11) is 0.